The molecule has 3 rings (SSSR count). The summed E-state index contributed by atoms with van der Waals surface area (Å²) in [5.41, 5.74) is 0.722. The fraction of sp³-hybridized carbons (Fsp3) is 0.500. The van der Waals surface area contributed by atoms with Crippen molar-refractivity contribution in [2.75, 3.05) is 7.05 Å². The van der Waals surface area contributed by atoms with Gasteiger partial charge in [-0.1, -0.05) is 18.0 Å². The van der Waals surface area contributed by atoms with Crippen molar-refractivity contribution in [2.24, 2.45) is 0 Å². The Hall–Kier alpha value is -1.27. The van der Waals surface area contributed by atoms with E-state index in [-0.39, 0.29) is 0 Å². The molecule has 2 aromatic rings. The van der Waals surface area contributed by atoms with Crippen molar-refractivity contribution in [1.29, 1.82) is 0 Å². The van der Waals surface area contributed by atoms with Crippen LogP contribution in [0.3, 0.4) is 0 Å². The van der Waals surface area contributed by atoms with Crippen LogP contribution in [-0.4, -0.2) is 28.2 Å². The summed E-state index contributed by atoms with van der Waals surface area (Å²) in [6.07, 6.45) is 6.46. The van der Waals surface area contributed by atoms with Gasteiger partial charge < -0.3 is 9.84 Å². The zero-order valence-corrected chi connectivity index (χ0v) is 12.9. The first kappa shape index (κ1) is 13.7. The Morgan fingerprint density at radius 1 is 1.35 bits per heavy atom. The molecule has 0 radical (unpaired) electrons. The van der Waals surface area contributed by atoms with Crippen LogP contribution >= 0.6 is 15.9 Å². The summed E-state index contributed by atoms with van der Waals surface area (Å²) in [4.78, 5) is 8.85. The highest BCUT2D eigenvalue weighted by Crippen LogP contribution is 2.33. The fourth-order valence-electron chi connectivity index (χ4n) is 2.80. The second-order valence-electron chi connectivity index (χ2n) is 5.08. The first-order valence-electron chi connectivity index (χ1n) is 6.91. The van der Waals surface area contributed by atoms with E-state index in [2.05, 4.69) is 36.4 Å². The molecule has 0 amide bonds. The Morgan fingerprint density at radius 3 is 3.00 bits per heavy atom. The number of halogens is 1. The van der Waals surface area contributed by atoms with Gasteiger partial charge in [-0.05, 0) is 48.0 Å². The van der Waals surface area contributed by atoms with Gasteiger partial charge in [-0.15, -0.1) is 0 Å². The van der Waals surface area contributed by atoms with Crippen molar-refractivity contribution >= 4 is 15.9 Å². The Balaban J connectivity index is 1.88. The van der Waals surface area contributed by atoms with Gasteiger partial charge in [0.05, 0.1) is 5.92 Å². The zero-order chi connectivity index (χ0) is 13.9. The summed E-state index contributed by atoms with van der Waals surface area (Å²) in [5.74, 6) is 1.57. The van der Waals surface area contributed by atoms with Crippen molar-refractivity contribution in [3.63, 3.8) is 0 Å². The average molecular weight is 337 g/mol. The number of hydrogen-bond donors (Lipinski definition) is 1. The monoisotopic (exact) mass is 336 g/mol. The van der Waals surface area contributed by atoms with E-state index in [0.29, 0.717) is 17.8 Å². The van der Waals surface area contributed by atoms with Crippen molar-refractivity contribution in [2.45, 2.75) is 37.6 Å². The van der Waals surface area contributed by atoms with Crippen molar-refractivity contribution in [3.05, 3.63) is 28.7 Å². The third-order valence-electron chi connectivity index (χ3n) is 3.87. The molecule has 1 saturated carbocycles. The van der Waals surface area contributed by atoms with Crippen LogP contribution in [0.25, 0.3) is 11.5 Å². The third kappa shape index (κ3) is 2.62. The highest BCUT2D eigenvalue weighted by Gasteiger charge is 2.30. The van der Waals surface area contributed by atoms with E-state index >= 15 is 0 Å². The zero-order valence-electron chi connectivity index (χ0n) is 11.3. The quantitative estimate of drug-likeness (QED) is 0.932. The van der Waals surface area contributed by atoms with Crippen LogP contribution in [0.2, 0.25) is 0 Å². The second kappa shape index (κ2) is 6.01. The Bertz CT molecular complexity index is 586. The third-order valence-corrected chi connectivity index (χ3v) is 4.51. The number of nitrogens with zero attached hydrogens (tertiary/aromatic N) is 3. The number of pyridine rings is 1. The molecule has 0 bridgehead atoms. The predicted octanol–water partition coefficient (Wildman–Crippen LogP) is 3.14. The number of aromatic nitrogens is 3. The molecule has 20 heavy (non-hydrogen) atoms. The van der Waals surface area contributed by atoms with Crippen LogP contribution in [0.4, 0.5) is 0 Å². The molecular formula is C14H17BrN4O. The molecule has 1 aliphatic carbocycles. The number of likely N-dealkylation sites (N-methyl/N-ethyl adjacent to an activating group) is 1. The maximum absolute atomic E-state index is 5.48. The predicted molar refractivity (Wildman–Crippen MR) is 79.3 cm³/mol. The van der Waals surface area contributed by atoms with Crippen molar-refractivity contribution in [1.82, 2.24) is 20.4 Å². The van der Waals surface area contributed by atoms with E-state index in [1.165, 1.54) is 12.8 Å². The van der Waals surface area contributed by atoms with Gasteiger partial charge in [0.15, 0.2) is 0 Å². The second-order valence-corrected chi connectivity index (χ2v) is 5.93. The van der Waals surface area contributed by atoms with Gasteiger partial charge in [0.25, 0.3) is 0 Å². The smallest absolute Gasteiger partial charge is 0.231 e. The first-order chi connectivity index (χ1) is 9.79. The maximum Gasteiger partial charge on any atom is 0.231 e. The van der Waals surface area contributed by atoms with Crippen LogP contribution in [0, 0.1) is 0 Å². The molecule has 1 fully saturated rings. The lowest BCUT2D eigenvalue weighted by molar-refractivity contribution is 0.270. The van der Waals surface area contributed by atoms with E-state index in [0.717, 1.165) is 28.9 Å². The van der Waals surface area contributed by atoms with E-state index in [1.807, 2.05) is 19.2 Å². The Labute approximate surface area is 126 Å². The summed E-state index contributed by atoms with van der Waals surface area (Å²) in [6.45, 7) is 0. The summed E-state index contributed by atoms with van der Waals surface area (Å²) >= 11 is 3.47. The molecule has 0 aromatic carbocycles. The topological polar surface area (TPSA) is 63.8 Å². The van der Waals surface area contributed by atoms with Crippen molar-refractivity contribution < 1.29 is 4.52 Å². The van der Waals surface area contributed by atoms with Gasteiger partial charge in [-0.2, -0.15) is 4.98 Å². The summed E-state index contributed by atoms with van der Waals surface area (Å²) < 4.78 is 6.36. The molecule has 2 aromatic heterocycles. The normalized spacial score (nSPS) is 22.9. The molecule has 1 N–H and O–H groups in total. The summed E-state index contributed by atoms with van der Waals surface area (Å²) in [5, 5.41) is 7.45. The Kier molecular flexibility index (Phi) is 4.12. The molecular weight excluding hydrogens is 320 g/mol. The largest absolute Gasteiger partial charge is 0.339 e. The van der Waals surface area contributed by atoms with Gasteiger partial charge in [0.2, 0.25) is 11.7 Å². The van der Waals surface area contributed by atoms with Crippen molar-refractivity contribution in [3.8, 4) is 11.5 Å². The molecule has 6 heteroatoms. The van der Waals surface area contributed by atoms with E-state index in [9.17, 15) is 0 Å². The van der Waals surface area contributed by atoms with Gasteiger partial charge in [-0.25, -0.2) is 0 Å². The summed E-state index contributed by atoms with van der Waals surface area (Å²) in [7, 11) is 2.00. The van der Waals surface area contributed by atoms with Crippen LogP contribution in [0.15, 0.2) is 27.3 Å². The van der Waals surface area contributed by atoms with Crippen LogP contribution < -0.4 is 5.32 Å². The number of nitrogens with one attached hydrogen (secondary N) is 1. The van der Waals surface area contributed by atoms with E-state index in [4.69, 9.17) is 4.52 Å². The minimum atomic E-state index is 0.303. The van der Waals surface area contributed by atoms with Crippen LogP contribution in [0.5, 0.6) is 0 Å². The first-order valence-corrected chi connectivity index (χ1v) is 7.70. The van der Waals surface area contributed by atoms with Gasteiger partial charge in [-0.3, -0.25) is 4.98 Å². The maximum atomic E-state index is 5.48. The molecule has 5 nitrogen and oxygen atoms in total. The highest BCUT2D eigenvalue weighted by atomic mass is 79.9. The minimum absolute atomic E-state index is 0.303. The summed E-state index contributed by atoms with van der Waals surface area (Å²) in [6, 6.07) is 4.21. The van der Waals surface area contributed by atoms with Gasteiger partial charge >= 0.3 is 0 Å². The van der Waals surface area contributed by atoms with Gasteiger partial charge in [0, 0.05) is 16.7 Å². The van der Waals surface area contributed by atoms with Crippen LogP contribution in [-0.2, 0) is 0 Å². The molecule has 106 valence electrons. The highest BCUT2D eigenvalue weighted by molar-refractivity contribution is 9.10. The van der Waals surface area contributed by atoms with Gasteiger partial charge in [0.1, 0.15) is 5.69 Å². The van der Waals surface area contributed by atoms with E-state index < -0.39 is 0 Å². The number of hydrogen-bond acceptors (Lipinski definition) is 5. The fourth-order valence-corrected chi connectivity index (χ4v) is 3.24. The standard InChI is InChI=1S/C14H17BrN4O/c1-16-11-7-3-2-5-9(11)14-18-13(19-20-14)12-10(15)6-4-8-17-12/h4,6,8-9,11,16H,2-3,5,7H2,1H3. The Morgan fingerprint density at radius 2 is 2.20 bits per heavy atom. The molecule has 2 heterocycles. The van der Waals surface area contributed by atoms with E-state index in [1.54, 1.807) is 6.20 Å². The molecule has 2 unspecified atom stereocenters. The number of rotatable bonds is 3. The molecule has 0 saturated heterocycles. The molecule has 2 atom stereocenters. The molecule has 0 aliphatic heterocycles. The molecule has 1 aliphatic rings. The lowest BCUT2D eigenvalue weighted by Crippen LogP contribution is -2.34. The average Bonchev–Trinajstić information content (AvgIpc) is 2.97. The molecule has 0 spiro atoms. The SMILES string of the molecule is CNC1CCCCC1c1nc(-c2ncccc2Br)no1. The minimum Gasteiger partial charge on any atom is -0.339 e. The lowest BCUT2D eigenvalue weighted by Gasteiger charge is -2.28. The van der Waals surface area contributed by atoms with Crippen LogP contribution in [0.1, 0.15) is 37.5 Å². The lowest BCUT2D eigenvalue weighted by atomic mass is 9.84.